The zero-order valence-corrected chi connectivity index (χ0v) is 19.0. The first kappa shape index (κ1) is 21.3. The van der Waals surface area contributed by atoms with Crippen LogP contribution in [0.1, 0.15) is 10.5 Å². The molecule has 34 heavy (non-hydrogen) atoms. The number of benzene rings is 2. The molecule has 0 aliphatic carbocycles. The van der Waals surface area contributed by atoms with Crippen LogP contribution in [0.2, 0.25) is 0 Å². The number of pyridine rings is 1. The van der Waals surface area contributed by atoms with Gasteiger partial charge in [-0.1, -0.05) is 18.2 Å². The van der Waals surface area contributed by atoms with Gasteiger partial charge in [0.15, 0.2) is 0 Å². The molecule has 0 aliphatic heterocycles. The average molecular weight is 454 g/mol. The first-order chi connectivity index (χ1) is 16.6. The van der Waals surface area contributed by atoms with Crippen LogP contribution in [0.15, 0.2) is 79.1 Å². The van der Waals surface area contributed by atoms with Gasteiger partial charge in [-0.3, -0.25) is 9.48 Å². The van der Waals surface area contributed by atoms with Crippen molar-refractivity contribution in [2.45, 2.75) is 0 Å². The lowest BCUT2D eigenvalue weighted by Crippen LogP contribution is -2.15. The van der Waals surface area contributed by atoms with Gasteiger partial charge in [0.1, 0.15) is 22.8 Å². The molecule has 8 nitrogen and oxygen atoms in total. The highest BCUT2D eigenvalue weighted by molar-refractivity contribution is 6.03. The number of nitrogens with one attached hydrogen (secondary N) is 1. The van der Waals surface area contributed by atoms with Crippen LogP contribution < -0.4 is 14.8 Å². The van der Waals surface area contributed by atoms with Crippen molar-refractivity contribution in [1.29, 1.82) is 0 Å². The number of carbonyl (C=O) groups excluding carboxylic acids is 1. The van der Waals surface area contributed by atoms with Crippen LogP contribution >= 0.6 is 0 Å². The average Bonchev–Trinajstić information content (AvgIpc) is 3.47. The molecule has 170 valence electrons. The number of hydrogen-bond acceptors (Lipinski definition) is 5. The standard InChI is InChI=1S/C26H23N5O3/c1-30-23(15-21(29-30)20-14-19(33-2)11-12-24(20)34-3)26(32)27-18-9-7-17(8-10-18)22-16-31-13-5-4-6-25(31)28-22/h4-16H,1-3H3,(H,27,32). The number of amides is 1. The highest BCUT2D eigenvalue weighted by Crippen LogP contribution is 2.33. The van der Waals surface area contributed by atoms with Gasteiger partial charge >= 0.3 is 0 Å². The predicted octanol–water partition coefficient (Wildman–Crippen LogP) is 4.67. The number of hydrogen-bond donors (Lipinski definition) is 1. The van der Waals surface area contributed by atoms with E-state index in [-0.39, 0.29) is 5.91 Å². The molecule has 3 aromatic heterocycles. The summed E-state index contributed by atoms with van der Waals surface area (Å²) in [6, 6.07) is 20.7. The van der Waals surface area contributed by atoms with E-state index < -0.39 is 0 Å². The summed E-state index contributed by atoms with van der Waals surface area (Å²) in [5, 5.41) is 7.45. The number of aromatic nitrogens is 4. The maximum atomic E-state index is 13.0. The molecule has 0 saturated carbocycles. The van der Waals surface area contributed by atoms with E-state index in [1.165, 1.54) is 0 Å². The Kier molecular flexibility index (Phi) is 5.47. The largest absolute Gasteiger partial charge is 0.497 e. The Labute approximate surface area is 196 Å². The number of ether oxygens (including phenoxy) is 2. The zero-order valence-electron chi connectivity index (χ0n) is 19.0. The van der Waals surface area contributed by atoms with Crippen LogP contribution in [-0.4, -0.2) is 39.3 Å². The van der Waals surface area contributed by atoms with Crippen LogP contribution in [0.4, 0.5) is 5.69 Å². The first-order valence-corrected chi connectivity index (χ1v) is 10.7. The Bertz CT molecular complexity index is 1450. The summed E-state index contributed by atoms with van der Waals surface area (Å²) in [4.78, 5) is 17.6. The summed E-state index contributed by atoms with van der Waals surface area (Å²) in [5.41, 5.74) is 5.18. The Morgan fingerprint density at radius 2 is 1.76 bits per heavy atom. The lowest BCUT2D eigenvalue weighted by atomic mass is 10.1. The van der Waals surface area contributed by atoms with Gasteiger partial charge in [-0.25, -0.2) is 4.98 Å². The van der Waals surface area contributed by atoms with Crippen LogP contribution in [-0.2, 0) is 7.05 Å². The fourth-order valence-corrected chi connectivity index (χ4v) is 3.82. The molecule has 0 radical (unpaired) electrons. The van der Waals surface area contributed by atoms with Crippen molar-refractivity contribution in [2.24, 2.45) is 7.05 Å². The minimum atomic E-state index is -0.261. The molecule has 0 atom stereocenters. The number of carbonyl (C=O) groups is 1. The normalized spacial score (nSPS) is 10.9. The van der Waals surface area contributed by atoms with Gasteiger partial charge in [0.05, 0.1) is 25.6 Å². The summed E-state index contributed by atoms with van der Waals surface area (Å²) in [6.45, 7) is 0. The molecule has 5 rings (SSSR count). The molecule has 1 amide bonds. The van der Waals surface area contributed by atoms with Crippen LogP contribution in [0.5, 0.6) is 11.5 Å². The number of anilines is 1. The summed E-state index contributed by atoms with van der Waals surface area (Å²) in [5.74, 6) is 1.06. The topological polar surface area (TPSA) is 82.7 Å². The molecular weight excluding hydrogens is 430 g/mol. The van der Waals surface area contributed by atoms with E-state index in [1.807, 2.05) is 77.5 Å². The molecule has 3 heterocycles. The number of methoxy groups -OCH3 is 2. The summed E-state index contributed by atoms with van der Waals surface area (Å²) < 4.78 is 14.3. The third kappa shape index (κ3) is 3.97. The number of nitrogens with zero attached hydrogens (tertiary/aromatic N) is 4. The van der Waals surface area contributed by atoms with Gasteiger partial charge in [-0.15, -0.1) is 0 Å². The summed E-state index contributed by atoms with van der Waals surface area (Å²) in [7, 11) is 4.93. The molecular formula is C26H23N5O3. The molecule has 0 unspecified atom stereocenters. The van der Waals surface area contributed by atoms with E-state index in [0.717, 1.165) is 22.5 Å². The van der Waals surface area contributed by atoms with Crippen molar-refractivity contribution in [3.05, 3.63) is 84.8 Å². The van der Waals surface area contributed by atoms with E-state index in [0.29, 0.717) is 28.6 Å². The fraction of sp³-hybridized carbons (Fsp3) is 0.115. The van der Waals surface area contributed by atoms with Crippen molar-refractivity contribution in [3.8, 4) is 34.0 Å². The smallest absolute Gasteiger partial charge is 0.273 e. The van der Waals surface area contributed by atoms with Gasteiger partial charge in [-0.2, -0.15) is 5.10 Å². The van der Waals surface area contributed by atoms with E-state index in [1.54, 1.807) is 32.0 Å². The maximum absolute atomic E-state index is 13.0. The van der Waals surface area contributed by atoms with Crippen LogP contribution in [0.25, 0.3) is 28.2 Å². The molecule has 5 aromatic rings. The van der Waals surface area contributed by atoms with Crippen LogP contribution in [0.3, 0.4) is 0 Å². The second kappa shape index (κ2) is 8.74. The van der Waals surface area contributed by atoms with Gasteiger partial charge in [0, 0.05) is 36.3 Å². The van der Waals surface area contributed by atoms with Crippen molar-refractivity contribution in [3.63, 3.8) is 0 Å². The molecule has 0 fully saturated rings. The minimum absolute atomic E-state index is 0.261. The van der Waals surface area contributed by atoms with E-state index >= 15 is 0 Å². The lowest BCUT2D eigenvalue weighted by Gasteiger charge is -2.08. The third-order valence-corrected chi connectivity index (χ3v) is 5.60. The van der Waals surface area contributed by atoms with Gasteiger partial charge in [0.25, 0.3) is 5.91 Å². The Balaban J connectivity index is 1.36. The highest BCUT2D eigenvalue weighted by atomic mass is 16.5. The second-order valence-electron chi connectivity index (χ2n) is 7.73. The summed E-state index contributed by atoms with van der Waals surface area (Å²) >= 11 is 0. The highest BCUT2D eigenvalue weighted by Gasteiger charge is 2.18. The Hall–Kier alpha value is -4.59. The van der Waals surface area contributed by atoms with Crippen molar-refractivity contribution >= 4 is 17.2 Å². The molecule has 0 spiro atoms. The number of rotatable bonds is 6. The van der Waals surface area contributed by atoms with Gasteiger partial charge < -0.3 is 19.2 Å². The van der Waals surface area contributed by atoms with E-state index in [9.17, 15) is 4.79 Å². The quantitative estimate of drug-likeness (QED) is 0.404. The van der Waals surface area contributed by atoms with Gasteiger partial charge in [-0.05, 0) is 48.5 Å². The van der Waals surface area contributed by atoms with Crippen molar-refractivity contribution < 1.29 is 14.3 Å². The van der Waals surface area contributed by atoms with Crippen LogP contribution in [0, 0.1) is 0 Å². The molecule has 1 N–H and O–H groups in total. The van der Waals surface area contributed by atoms with Crippen molar-refractivity contribution in [1.82, 2.24) is 19.2 Å². The molecule has 0 aliphatic rings. The Morgan fingerprint density at radius 3 is 2.50 bits per heavy atom. The fourth-order valence-electron chi connectivity index (χ4n) is 3.82. The van der Waals surface area contributed by atoms with Crippen molar-refractivity contribution in [2.75, 3.05) is 19.5 Å². The minimum Gasteiger partial charge on any atom is -0.497 e. The zero-order chi connectivity index (χ0) is 23.7. The number of aryl methyl sites for hydroxylation is 1. The van der Waals surface area contributed by atoms with Gasteiger partial charge in [0.2, 0.25) is 0 Å². The third-order valence-electron chi connectivity index (χ3n) is 5.60. The first-order valence-electron chi connectivity index (χ1n) is 10.7. The lowest BCUT2D eigenvalue weighted by molar-refractivity contribution is 0.101. The number of imidazole rings is 1. The SMILES string of the molecule is COc1ccc(OC)c(-c2cc(C(=O)Nc3ccc(-c4cn5ccccc5n4)cc3)n(C)n2)c1. The molecule has 8 heteroatoms. The Morgan fingerprint density at radius 1 is 0.941 bits per heavy atom. The second-order valence-corrected chi connectivity index (χ2v) is 7.73. The van der Waals surface area contributed by atoms with E-state index in [2.05, 4.69) is 15.4 Å². The monoisotopic (exact) mass is 453 g/mol. The molecule has 2 aromatic carbocycles. The number of fused-ring (bicyclic) bond motifs is 1. The predicted molar refractivity (Wildman–Crippen MR) is 130 cm³/mol. The molecule has 0 saturated heterocycles. The molecule has 0 bridgehead atoms. The summed E-state index contributed by atoms with van der Waals surface area (Å²) in [6.07, 6.45) is 3.94. The van der Waals surface area contributed by atoms with E-state index in [4.69, 9.17) is 9.47 Å². The maximum Gasteiger partial charge on any atom is 0.273 e.